The van der Waals surface area contributed by atoms with E-state index in [1.54, 1.807) is 13.8 Å². The second-order valence-corrected chi connectivity index (χ2v) is 14.1. The minimum atomic E-state index is -0.798. The van der Waals surface area contributed by atoms with Crippen molar-refractivity contribution >= 4 is 24.0 Å². The maximum atomic E-state index is 13.4. The molecule has 0 spiro atoms. The normalized spacial score (nSPS) is 18.9. The van der Waals surface area contributed by atoms with Gasteiger partial charge in [-0.2, -0.15) is 0 Å². The zero-order chi connectivity index (χ0) is 30.4. The molecule has 0 aromatic heterocycles. The van der Waals surface area contributed by atoms with E-state index in [1.807, 2.05) is 32.1 Å². The van der Waals surface area contributed by atoms with Gasteiger partial charge < -0.3 is 9.84 Å². The first kappa shape index (κ1) is 33.4. The summed E-state index contributed by atoms with van der Waals surface area (Å²) in [6.07, 6.45) is 15.0. The van der Waals surface area contributed by atoms with E-state index in [2.05, 4.69) is 33.8 Å². The van der Waals surface area contributed by atoms with E-state index in [0.717, 1.165) is 54.4 Å². The smallest absolute Gasteiger partial charge is 0.309 e. The fraction of sp³-hybridized carbons (Fsp3) is 0.647. The summed E-state index contributed by atoms with van der Waals surface area (Å²) in [5, 5.41) is 9.35. The Morgan fingerprint density at radius 1 is 0.725 bits per heavy atom. The van der Waals surface area contributed by atoms with Crippen molar-refractivity contribution in [3.63, 3.8) is 0 Å². The first-order valence-electron chi connectivity index (χ1n) is 14.7. The van der Waals surface area contributed by atoms with Crippen LogP contribution in [-0.2, 0) is 23.9 Å². The summed E-state index contributed by atoms with van der Waals surface area (Å²) in [6, 6.07) is 0. The molecule has 40 heavy (non-hydrogen) atoms. The fourth-order valence-electron chi connectivity index (χ4n) is 5.61. The quantitative estimate of drug-likeness (QED) is 0.154. The van der Waals surface area contributed by atoms with Gasteiger partial charge in [0.2, 0.25) is 0 Å². The Hall–Kier alpha value is -2.76. The number of carboxylic acids is 1. The molecule has 0 aromatic rings. The van der Waals surface area contributed by atoms with Crippen molar-refractivity contribution in [3.8, 4) is 0 Å². The van der Waals surface area contributed by atoms with Crippen LogP contribution in [0.15, 0.2) is 46.6 Å². The van der Waals surface area contributed by atoms with Crippen molar-refractivity contribution in [1.29, 1.82) is 0 Å². The fourth-order valence-corrected chi connectivity index (χ4v) is 5.61. The largest absolute Gasteiger partial charge is 0.481 e. The monoisotopic (exact) mass is 554 g/mol. The third-order valence-electron chi connectivity index (χ3n) is 7.93. The van der Waals surface area contributed by atoms with Crippen molar-refractivity contribution in [3.05, 3.63) is 46.6 Å². The molecule has 0 aliphatic heterocycles. The lowest BCUT2D eigenvalue weighted by atomic mass is 9.76. The predicted molar refractivity (Wildman–Crippen MR) is 159 cm³/mol. The van der Waals surface area contributed by atoms with E-state index in [-0.39, 0.29) is 22.4 Å². The Kier molecular flexibility index (Phi) is 11.1. The highest BCUT2D eigenvalue weighted by molar-refractivity contribution is 6.11. The molecular weight excluding hydrogens is 504 g/mol. The lowest BCUT2D eigenvalue weighted by Gasteiger charge is -2.28. The van der Waals surface area contributed by atoms with Crippen LogP contribution >= 0.6 is 0 Å². The van der Waals surface area contributed by atoms with Crippen LogP contribution in [0.5, 0.6) is 0 Å². The van der Waals surface area contributed by atoms with Gasteiger partial charge >= 0.3 is 5.97 Å². The first-order chi connectivity index (χ1) is 18.4. The SMILES string of the molecule is CC1(C)C=C(CCCCC(C)(C)OC=O)C(=O)C(CCC2=CC(C)(C)C=C(CCCCC(C)(C)C(=O)O)C2=O)=C1. The summed E-state index contributed by atoms with van der Waals surface area (Å²) >= 11 is 0. The molecule has 2 rings (SSSR count). The maximum Gasteiger partial charge on any atom is 0.309 e. The van der Waals surface area contributed by atoms with Crippen LogP contribution in [0.2, 0.25) is 0 Å². The molecule has 2 aliphatic rings. The summed E-state index contributed by atoms with van der Waals surface area (Å²) in [6.45, 7) is 16.1. The Balaban J connectivity index is 1.99. The van der Waals surface area contributed by atoms with Gasteiger partial charge in [-0.1, -0.05) is 58.4 Å². The topological polar surface area (TPSA) is 97.7 Å². The zero-order valence-corrected chi connectivity index (χ0v) is 25.9. The van der Waals surface area contributed by atoms with E-state index in [0.29, 0.717) is 38.6 Å². The minimum absolute atomic E-state index is 0.0517. The third-order valence-corrected chi connectivity index (χ3v) is 7.93. The molecule has 0 unspecified atom stereocenters. The number of carbonyl (C=O) groups is 4. The molecule has 0 amide bonds. The van der Waals surface area contributed by atoms with Gasteiger partial charge in [0.15, 0.2) is 11.6 Å². The van der Waals surface area contributed by atoms with Crippen LogP contribution in [0.1, 0.15) is 120 Å². The van der Waals surface area contributed by atoms with Gasteiger partial charge in [-0.15, -0.1) is 0 Å². The number of Topliss-reactive ketones (excluding diaryl/α,β-unsaturated/α-hetero) is 2. The highest BCUT2D eigenvalue weighted by atomic mass is 16.5. The minimum Gasteiger partial charge on any atom is -0.481 e. The summed E-state index contributed by atoms with van der Waals surface area (Å²) in [5.41, 5.74) is 1.38. The number of carboxylic acid groups (broad SMARTS) is 1. The molecule has 0 saturated heterocycles. The second kappa shape index (κ2) is 13.3. The zero-order valence-electron chi connectivity index (χ0n) is 25.9. The van der Waals surface area contributed by atoms with Crippen LogP contribution in [0.4, 0.5) is 0 Å². The highest BCUT2D eigenvalue weighted by Crippen LogP contribution is 2.37. The van der Waals surface area contributed by atoms with Crippen molar-refractivity contribution in [1.82, 2.24) is 0 Å². The van der Waals surface area contributed by atoms with Gasteiger partial charge in [0.05, 0.1) is 5.41 Å². The molecular formula is C34H50O6. The standard InChI is InChI=1S/C34H50O6/c1-31(2)19-24(13-9-11-17-33(5,6)30(38)39)28(36)26(21-31)15-16-27-22-32(3,4)20-25(29(27)37)14-10-12-18-34(7,8)40-23-35/h19-23H,9-18H2,1-8H3,(H,38,39). The maximum absolute atomic E-state index is 13.4. The molecule has 0 saturated carbocycles. The molecule has 0 heterocycles. The average Bonchev–Trinajstić information content (AvgIpc) is 2.82. The molecule has 222 valence electrons. The highest BCUT2D eigenvalue weighted by Gasteiger charge is 2.31. The lowest BCUT2D eigenvalue weighted by Crippen LogP contribution is -2.24. The van der Waals surface area contributed by atoms with E-state index in [1.165, 1.54) is 0 Å². The van der Waals surface area contributed by atoms with Crippen LogP contribution < -0.4 is 0 Å². The Morgan fingerprint density at radius 2 is 1.10 bits per heavy atom. The molecule has 1 N–H and O–H groups in total. The summed E-state index contributed by atoms with van der Waals surface area (Å²) < 4.78 is 5.13. The van der Waals surface area contributed by atoms with Crippen molar-refractivity contribution < 1.29 is 29.0 Å². The second-order valence-electron chi connectivity index (χ2n) is 14.1. The Bertz CT molecular complexity index is 1110. The summed E-state index contributed by atoms with van der Waals surface area (Å²) in [4.78, 5) is 48.8. The number of allylic oxidation sites excluding steroid dienone is 8. The summed E-state index contributed by atoms with van der Waals surface area (Å²) in [5.74, 6) is -0.675. The molecule has 0 aromatic carbocycles. The van der Waals surface area contributed by atoms with Crippen LogP contribution in [0.25, 0.3) is 0 Å². The number of ether oxygens (including phenoxy) is 1. The van der Waals surface area contributed by atoms with Crippen LogP contribution in [0, 0.1) is 16.2 Å². The van der Waals surface area contributed by atoms with E-state index < -0.39 is 17.0 Å². The summed E-state index contributed by atoms with van der Waals surface area (Å²) in [7, 11) is 0. The Morgan fingerprint density at radius 3 is 1.48 bits per heavy atom. The van der Waals surface area contributed by atoms with Crippen molar-refractivity contribution in [2.75, 3.05) is 0 Å². The number of ketones is 2. The van der Waals surface area contributed by atoms with Gasteiger partial charge in [0.1, 0.15) is 5.60 Å². The van der Waals surface area contributed by atoms with Crippen molar-refractivity contribution in [2.45, 2.75) is 125 Å². The molecule has 6 heteroatoms. The number of rotatable bonds is 16. The van der Waals surface area contributed by atoms with E-state index >= 15 is 0 Å². The van der Waals surface area contributed by atoms with Gasteiger partial charge in [-0.3, -0.25) is 19.2 Å². The number of carbonyl (C=O) groups excluding carboxylic acids is 3. The van der Waals surface area contributed by atoms with Gasteiger partial charge in [-0.25, -0.2) is 0 Å². The Labute approximate surface area is 241 Å². The van der Waals surface area contributed by atoms with Gasteiger partial charge in [-0.05, 0) is 108 Å². The number of aliphatic carboxylic acids is 1. The number of hydrogen-bond donors (Lipinski definition) is 1. The van der Waals surface area contributed by atoms with Crippen LogP contribution in [-0.4, -0.2) is 34.7 Å². The molecule has 6 nitrogen and oxygen atoms in total. The van der Waals surface area contributed by atoms with E-state index in [9.17, 15) is 24.3 Å². The van der Waals surface area contributed by atoms with Gasteiger partial charge in [0, 0.05) is 10.8 Å². The first-order valence-corrected chi connectivity index (χ1v) is 14.7. The van der Waals surface area contributed by atoms with E-state index in [4.69, 9.17) is 4.74 Å². The number of hydrogen-bond acceptors (Lipinski definition) is 5. The molecule has 0 radical (unpaired) electrons. The third kappa shape index (κ3) is 10.0. The molecule has 2 aliphatic carbocycles. The predicted octanol–water partition coefficient (Wildman–Crippen LogP) is 7.87. The lowest BCUT2D eigenvalue weighted by molar-refractivity contribution is -0.147. The molecule has 0 bridgehead atoms. The molecule has 0 fully saturated rings. The average molecular weight is 555 g/mol. The van der Waals surface area contributed by atoms with Crippen LogP contribution in [0.3, 0.4) is 0 Å². The van der Waals surface area contributed by atoms with Crippen molar-refractivity contribution in [2.24, 2.45) is 16.2 Å². The number of unbranched alkanes of at least 4 members (excludes halogenated alkanes) is 2. The molecule has 0 atom stereocenters. The van der Waals surface area contributed by atoms with Gasteiger partial charge in [0.25, 0.3) is 6.47 Å².